The molecule has 1 aliphatic rings. The second-order valence-electron chi connectivity index (χ2n) is 5.77. The monoisotopic (exact) mass is 319 g/mol. The second-order valence-corrected chi connectivity index (χ2v) is 6.72. The molecule has 3 rings (SSSR count). The molecule has 1 aliphatic heterocycles. The number of hydrogen-bond donors (Lipinski definition) is 0. The molecule has 0 aromatic carbocycles. The smallest absolute Gasteiger partial charge is 0.240 e. The molecule has 22 heavy (non-hydrogen) atoms. The van der Waals surface area contributed by atoms with Gasteiger partial charge in [-0.3, -0.25) is 9.69 Å². The van der Waals surface area contributed by atoms with Crippen LogP contribution in [0.25, 0.3) is 0 Å². The van der Waals surface area contributed by atoms with E-state index in [1.807, 2.05) is 17.5 Å². The summed E-state index contributed by atoms with van der Waals surface area (Å²) in [5.74, 6) is 1.80. The van der Waals surface area contributed by atoms with Gasteiger partial charge in [-0.05, 0) is 37.3 Å². The van der Waals surface area contributed by atoms with Gasteiger partial charge in [-0.15, -0.1) is 11.3 Å². The summed E-state index contributed by atoms with van der Waals surface area (Å²) in [4.78, 5) is 20.0. The number of carbonyl (C=O) groups is 1. The number of likely N-dealkylation sites (tertiary alicyclic amines) is 1. The van der Waals surface area contributed by atoms with Crippen molar-refractivity contribution in [2.75, 3.05) is 13.1 Å². The lowest BCUT2D eigenvalue weighted by molar-refractivity contribution is 0.0801. The molecule has 0 amide bonds. The topological polar surface area (TPSA) is 59.2 Å². The number of nitrogens with zero attached hydrogens (tertiary/aromatic N) is 3. The number of ketones is 1. The van der Waals surface area contributed by atoms with Gasteiger partial charge >= 0.3 is 0 Å². The Bertz CT molecular complexity index is 609. The number of rotatable bonds is 6. The normalized spacial score (nSPS) is 19.4. The summed E-state index contributed by atoms with van der Waals surface area (Å²) in [6.07, 6.45) is 3.87. The second kappa shape index (κ2) is 7.15. The van der Waals surface area contributed by atoms with Crippen LogP contribution in [0, 0.1) is 5.92 Å². The molecule has 1 saturated heterocycles. The van der Waals surface area contributed by atoms with E-state index in [1.54, 1.807) is 0 Å². The molecule has 2 aromatic heterocycles. The van der Waals surface area contributed by atoms with Crippen LogP contribution in [0.2, 0.25) is 0 Å². The van der Waals surface area contributed by atoms with Crippen molar-refractivity contribution in [1.29, 1.82) is 0 Å². The van der Waals surface area contributed by atoms with Crippen molar-refractivity contribution in [3.63, 3.8) is 0 Å². The van der Waals surface area contributed by atoms with E-state index in [-0.39, 0.29) is 11.7 Å². The molecule has 0 radical (unpaired) electrons. The van der Waals surface area contributed by atoms with E-state index in [9.17, 15) is 4.79 Å². The number of thiophene rings is 1. The zero-order valence-corrected chi connectivity index (χ0v) is 13.6. The van der Waals surface area contributed by atoms with E-state index in [1.165, 1.54) is 11.3 Å². The van der Waals surface area contributed by atoms with Crippen LogP contribution in [0.15, 0.2) is 22.0 Å². The largest absolute Gasteiger partial charge is 0.338 e. The zero-order chi connectivity index (χ0) is 15.4. The molecular weight excluding hydrogens is 298 g/mol. The molecule has 0 N–H and O–H groups in total. The van der Waals surface area contributed by atoms with Gasteiger partial charge in [0, 0.05) is 18.9 Å². The number of piperidine rings is 1. The molecule has 6 heteroatoms. The fourth-order valence-electron chi connectivity index (χ4n) is 2.90. The van der Waals surface area contributed by atoms with Crippen LogP contribution < -0.4 is 0 Å². The average molecular weight is 319 g/mol. The van der Waals surface area contributed by atoms with Gasteiger partial charge in [0.25, 0.3) is 0 Å². The van der Waals surface area contributed by atoms with Crippen LogP contribution in [-0.2, 0) is 13.0 Å². The Morgan fingerprint density at radius 2 is 2.45 bits per heavy atom. The van der Waals surface area contributed by atoms with Gasteiger partial charge in [-0.1, -0.05) is 18.1 Å². The van der Waals surface area contributed by atoms with E-state index in [0.29, 0.717) is 12.4 Å². The lowest BCUT2D eigenvalue weighted by atomic mass is 9.93. The maximum Gasteiger partial charge on any atom is 0.240 e. The predicted octanol–water partition coefficient (Wildman–Crippen LogP) is 3.18. The summed E-state index contributed by atoms with van der Waals surface area (Å²) >= 11 is 1.53. The zero-order valence-electron chi connectivity index (χ0n) is 12.8. The number of aromatic nitrogens is 2. The van der Waals surface area contributed by atoms with Gasteiger partial charge in [-0.25, -0.2) is 0 Å². The first-order valence-electron chi connectivity index (χ1n) is 7.87. The molecule has 0 spiro atoms. The minimum absolute atomic E-state index is 0.0884. The SMILES string of the molecule is CCCc1noc(CN2CCCC(C(=O)c3cccs3)C2)n1. The minimum atomic E-state index is 0.0884. The number of hydrogen-bond acceptors (Lipinski definition) is 6. The van der Waals surface area contributed by atoms with Gasteiger partial charge in [0.2, 0.25) is 5.89 Å². The summed E-state index contributed by atoms with van der Waals surface area (Å²) in [5.41, 5.74) is 0. The molecular formula is C16H21N3O2S. The molecule has 0 saturated carbocycles. The van der Waals surface area contributed by atoms with Crippen molar-refractivity contribution < 1.29 is 9.32 Å². The Morgan fingerprint density at radius 3 is 3.23 bits per heavy atom. The Kier molecular flexibility index (Phi) is 5.00. The minimum Gasteiger partial charge on any atom is -0.338 e. The Hall–Kier alpha value is -1.53. The van der Waals surface area contributed by atoms with Crippen molar-refractivity contribution in [1.82, 2.24) is 15.0 Å². The molecule has 5 nitrogen and oxygen atoms in total. The predicted molar refractivity (Wildman–Crippen MR) is 84.9 cm³/mol. The van der Waals surface area contributed by atoms with Crippen LogP contribution in [0.5, 0.6) is 0 Å². The molecule has 1 fully saturated rings. The Balaban J connectivity index is 1.59. The van der Waals surface area contributed by atoms with Gasteiger partial charge in [-0.2, -0.15) is 4.98 Å². The first-order chi connectivity index (χ1) is 10.8. The standard InChI is InChI=1S/C16H21N3O2S/c1-2-5-14-17-15(21-18-14)11-19-8-3-6-12(10-19)16(20)13-7-4-9-22-13/h4,7,9,12H,2-3,5-6,8,10-11H2,1H3. The van der Waals surface area contributed by atoms with Gasteiger partial charge in [0.05, 0.1) is 11.4 Å². The lowest BCUT2D eigenvalue weighted by Crippen LogP contribution is -2.38. The Morgan fingerprint density at radius 1 is 1.55 bits per heavy atom. The van der Waals surface area contributed by atoms with Crippen LogP contribution >= 0.6 is 11.3 Å². The van der Waals surface area contributed by atoms with Crippen molar-refractivity contribution in [3.05, 3.63) is 34.1 Å². The molecule has 1 unspecified atom stereocenters. The van der Waals surface area contributed by atoms with Crippen molar-refractivity contribution >= 4 is 17.1 Å². The highest BCUT2D eigenvalue weighted by molar-refractivity contribution is 7.12. The molecule has 0 aliphatic carbocycles. The first kappa shape index (κ1) is 15.4. The summed E-state index contributed by atoms with van der Waals surface area (Å²) in [7, 11) is 0. The summed E-state index contributed by atoms with van der Waals surface area (Å²) in [5, 5.41) is 5.95. The lowest BCUT2D eigenvalue weighted by Gasteiger charge is -2.30. The maximum atomic E-state index is 12.5. The summed E-state index contributed by atoms with van der Waals surface area (Å²) in [6.45, 7) is 4.51. The van der Waals surface area contributed by atoms with Gasteiger partial charge in [0.15, 0.2) is 11.6 Å². The number of carbonyl (C=O) groups excluding carboxylic acids is 1. The number of aryl methyl sites for hydroxylation is 1. The van der Waals surface area contributed by atoms with Gasteiger partial charge in [0.1, 0.15) is 0 Å². The molecule has 2 aromatic rings. The van der Waals surface area contributed by atoms with Crippen molar-refractivity contribution in [2.45, 2.75) is 39.2 Å². The third-order valence-electron chi connectivity index (χ3n) is 3.98. The van der Waals surface area contributed by atoms with Crippen molar-refractivity contribution in [2.24, 2.45) is 5.92 Å². The highest BCUT2D eigenvalue weighted by atomic mass is 32.1. The molecule has 1 atom stereocenters. The fraction of sp³-hybridized carbons (Fsp3) is 0.562. The van der Waals surface area contributed by atoms with E-state index in [2.05, 4.69) is 22.0 Å². The quantitative estimate of drug-likeness (QED) is 0.765. The van der Waals surface area contributed by atoms with Crippen LogP contribution in [0.4, 0.5) is 0 Å². The van der Waals surface area contributed by atoms with E-state index >= 15 is 0 Å². The fourth-order valence-corrected chi connectivity index (χ4v) is 3.65. The summed E-state index contributed by atoms with van der Waals surface area (Å²) in [6, 6.07) is 3.85. The highest BCUT2D eigenvalue weighted by Gasteiger charge is 2.27. The number of Topliss-reactive ketones (excluding diaryl/α,β-unsaturated/α-hetero) is 1. The van der Waals surface area contributed by atoms with Gasteiger partial charge < -0.3 is 4.52 Å². The third-order valence-corrected chi connectivity index (χ3v) is 4.87. The first-order valence-corrected chi connectivity index (χ1v) is 8.75. The molecule has 3 heterocycles. The molecule has 118 valence electrons. The highest BCUT2D eigenvalue weighted by Crippen LogP contribution is 2.24. The van der Waals surface area contributed by atoms with Crippen LogP contribution in [0.1, 0.15) is 47.6 Å². The van der Waals surface area contributed by atoms with E-state index in [0.717, 1.165) is 49.5 Å². The van der Waals surface area contributed by atoms with Crippen molar-refractivity contribution in [3.8, 4) is 0 Å². The maximum absolute atomic E-state index is 12.5. The summed E-state index contributed by atoms with van der Waals surface area (Å²) < 4.78 is 5.30. The van der Waals surface area contributed by atoms with Crippen LogP contribution in [-0.4, -0.2) is 33.9 Å². The third kappa shape index (κ3) is 3.62. The molecule has 0 bridgehead atoms. The van der Waals surface area contributed by atoms with E-state index < -0.39 is 0 Å². The van der Waals surface area contributed by atoms with E-state index in [4.69, 9.17) is 4.52 Å². The average Bonchev–Trinajstić information content (AvgIpc) is 3.19. The Labute approximate surface area is 134 Å². The van der Waals surface area contributed by atoms with Crippen LogP contribution in [0.3, 0.4) is 0 Å².